The van der Waals surface area contributed by atoms with Gasteiger partial charge in [-0.3, -0.25) is 4.79 Å². The Morgan fingerprint density at radius 3 is 2.56 bits per heavy atom. The van der Waals surface area contributed by atoms with Crippen molar-refractivity contribution < 1.29 is 9.32 Å². The van der Waals surface area contributed by atoms with Crippen LogP contribution in [0.5, 0.6) is 0 Å². The number of aromatic nitrogens is 1. The molecule has 18 heavy (non-hydrogen) atoms. The van der Waals surface area contributed by atoms with Crippen molar-refractivity contribution in [3.8, 4) is 0 Å². The van der Waals surface area contributed by atoms with Gasteiger partial charge in [-0.1, -0.05) is 12.1 Å². The van der Waals surface area contributed by atoms with Gasteiger partial charge in [-0.15, -0.1) is 0 Å². The molecule has 0 aromatic carbocycles. The van der Waals surface area contributed by atoms with E-state index in [4.69, 9.17) is 4.52 Å². The van der Waals surface area contributed by atoms with Crippen LogP contribution in [0, 0.1) is 25.7 Å². The quantitative estimate of drug-likeness (QED) is 0.847. The van der Waals surface area contributed by atoms with Crippen LogP contribution < -0.4 is 10.6 Å². The molecular formula is C13H21N3O2. The highest BCUT2D eigenvalue weighted by Gasteiger charge is 2.30. The molecular weight excluding hydrogens is 230 g/mol. The lowest BCUT2D eigenvalue weighted by Crippen LogP contribution is -2.49. The molecule has 5 heteroatoms. The Labute approximate surface area is 107 Å². The third-order valence-corrected chi connectivity index (χ3v) is 3.81. The first-order chi connectivity index (χ1) is 8.50. The minimum absolute atomic E-state index is 0.0502. The van der Waals surface area contributed by atoms with Gasteiger partial charge in [-0.05, 0) is 39.8 Å². The van der Waals surface area contributed by atoms with Gasteiger partial charge in [0.15, 0.2) is 0 Å². The van der Waals surface area contributed by atoms with E-state index in [1.807, 2.05) is 27.7 Å². The summed E-state index contributed by atoms with van der Waals surface area (Å²) in [7, 11) is 0. The Morgan fingerprint density at radius 1 is 1.44 bits per heavy atom. The predicted octanol–water partition coefficient (Wildman–Crippen LogP) is 1.32. The van der Waals surface area contributed by atoms with Crippen LogP contribution in [-0.4, -0.2) is 24.2 Å². The second-order valence-electron chi connectivity index (χ2n) is 5.18. The average Bonchev–Trinajstić information content (AvgIpc) is 2.55. The van der Waals surface area contributed by atoms with E-state index in [0.717, 1.165) is 30.1 Å². The first kappa shape index (κ1) is 13.1. The summed E-state index contributed by atoms with van der Waals surface area (Å²) in [5, 5.41) is 10.2. The van der Waals surface area contributed by atoms with Crippen LogP contribution in [0.4, 0.5) is 0 Å². The highest BCUT2D eigenvalue weighted by molar-refractivity contribution is 5.79. The summed E-state index contributed by atoms with van der Waals surface area (Å²) >= 11 is 0. The SMILES string of the molecule is Cc1noc(C)c1C(C)NC(=O)C(C)C1CNC1. The number of aryl methyl sites for hydroxylation is 2. The highest BCUT2D eigenvalue weighted by atomic mass is 16.5. The van der Waals surface area contributed by atoms with E-state index in [1.54, 1.807) is 0 Å². The van der Waals surface area contributed by atoms with Gasteiger partial charge in [0.1, 0.15) is 5.76 Å². The van der Waals surface area contributed by atoms with Crippen molar-refractivity contribution in [1.82, 2.24) is 15.8 Å². The lowest BCUT2D eigenvalue weighted by molar-refractivity contribution is -0.127. The monoisotopic (exact) mass is 251 g/mol. The summed E-state index contributed by atoms with van der Waals surface area (Å²) in [4.78, 5) is 12.1. The Hall–Kier alpha value is -1.36. The third kappa shape index (κ3) is 2.41. The van der Waals surface area contributed by atoms with Gasteiger partial charge in [-0.2, -0.15) is 0 Å². The van der Waals surface area contributed by atoms with Gasteiger partial charge in [-0.25, -0.2) is 0 Å². The first-order valence-electron chi connectivity index (χ1n) is 6.44. The maximum Gasteiger partial charge on any atom is 0.223 e. The molecule has 0 radical (unpaired) electrons. The zero-order valence-corrected chi connectivity index (χ0v) is 11.4. The van der Waals surface area contributed by atoms with Crippen molar-refractivity contribution in [2.75, 3.05) is 13.1 Å². The van der Waals surface area contributed by atoms with Crippen molar-refractivity contribution in [2.24, 2.45) is 11.8 Å². The van der Waals surface area contributed by atoms with Crippen molar-refractivity contribution in [3.63, 3.8) is 0 Å². The number of carbonyl (C=O) groups excluding carboxylic acids is 1. The maximum absolute atomic E-state index is 12.1. The number of nitrogens with one attached hydrogen (secondary N) is 2. The normalized spacial score (nSPS) is 19.1. The molecule has 0 spiro atoms. The van der Waals surface area contributed by atoms with Gasteiger partial charge in [0.2, 0.25) is 5.91 Å². The topological polar surface area (TPSA) is 67.2 Å². The van der Waals surface area contributed by atoms with E-state index in [1.165, 1.54) is 0 Å². The van der Waals surface area contributed by atoms with Gasteiger partial charge in [0, 0.05) is 11.5 Å². The molecule has 2 unspecified atom stereocenters. The summed E-state index contributed by atoms with van der Waals surface area (Å²) in [5.74, 6) is 1.39. The van der Waals surface area contributed by atoms with Crippen molar-refractivity contribution >= 4 is 5.91 Å². The lowest BCUT2D eigenvalue weighted by Gasteiger charge is -2.32. The first-order valence-corrected chi connectivity index (χ1v) is 6.44. The maximum atomic E-state index is 12.1. The molecule has 1 aromatic heterocycles. The van der Waals surface area contributed by atoms with Gasteiger partial charge >= 0.3 is 0 Å². The van der Waals surface area contributed by atoms with Crippen LogP contribution in [0.25, 0.3) is 0 Å². The fraction of sp³-hybridized carbons (Fsp3) is 0.692. The number of carbonyl (C=O) groups is 1. The highest BCUT2D eigenvalue weighted by Crippen LogP contribution is 2.22. The molecule has 2 heterocycles. The van der Waals surface area contributed by atoms with Crippen LogP contribution in [0.15, 0.2) is 4.52 Å². The van der Waals surface area contributed by atoms with Crippen LogP contribution in [0.3, 0.4) is 0 Å². The second kappa shape index (κ2) is 5.10. The zero-order chi connectivity index (χ0) is 13.3. The Kier molecular flexibility index (Phi) is 3.71. The van der Waals surface area contributed by atoms with Crippen molar-refractivity contribution in [2.45, 2.75) is 33.7 Å². The number of hydrogen-bond acceptors (Lipinski definition) is 4. The van der Waals surface area contributed by atoms with Gasteiger partial charge in [0.05, 0.1) is 11.7 Å². The summed E-state index contributed by atoms with van der Waals surface area (Å²) in [6, 6.07) is -0.0563. The van der Waals surface area contributed by atoms with E-state index >= 15 is 0 Å². The fourth-order valence-corrected chi connectivity index (χ4v) is 2.40. The molecule has 2 atom stereocenters. The second-order valence-corrected chi connectivity index (χ2v) is 5.18. The van der Waals surface area contributed by atoms with E-state index in [2.05, 4.69) is 15.8 Å². The van der Waals surface area contributed by atoms with Crippen LogP contribution >= 0.6 is 0 Å². The minimum Gasteiger partial charge on any atom is -0.361 e. The van der Waals surface area contributed by atoms with Crippen LogP contribution in [-0.2, 0) is 4.79 Å². The van der Waals surface area contributed by atoms with E-state index in [-0.39, 0.29) is 17.9 Å². The van der Waals surface area contributed by atoms with Crippen molar-refractivity contribution in [1.29, 1.82) is 0 Å². The zero-order valence-electron chi connectivity index (χ0n) is 11.4. The molecule has 1 amide bonds. The van der Waals surface area contributed by atoms with Gasteiger partial charge < -0.3 is 15.2 Å². The number of rotatable bonds is 4. The minimum atomic E-state index is -0.0563. The molecule has 2 N–H and O–H groups in total. The number of hydrogen-bond donors (Lipinski definition) is 2. The van der Waals surface area contributed by atoms with E-state index in [0.29, 0.717) is 5.92 Å². The third-order valence-electron chi connectivity index (χ3n) is 3.81. The molecule has 5 nitrogen and oxygen atoms in total. The molecule has 0 saturated carbocycles. The van der Waals surface area contributed by atoms with E-state index in [9.17, 15) is 4.79 Å². The van der Waals surface area contributed by atoms with Crippen LogP contribution in [0.2, 0.25) is 0 Å². The summed E-state index contributed by atoms with van der Waals surface area (Å²) < 4.78 is 5.13. The molecule has 1 aliphatic rings. The van der Waals surface area contributed by atoms with Gasteiger partial charge in [0.25, 0.3) is 0 Å². The predicted molar refractivity (Wildman–Crippen MR) is 68.1 cm³/mol. The average molecular weight is 251 g/mol. The molecule has 2 rings (SSSR count). The number of amides is 1. The Morgan fingerprint density at radius 2 is 2.11 bits per heavy atom. The van der Waals surface area contributed by atoms with Crippen LogP contribution in [0.1, 0.15) is 36.9 Å². The molecule has 100 valence electrons. The molecule has 1 saturated heterocycles. The summed E-state index contributed by atoms with van der Waals surface area (Å²) in [6.45, 7) is 9.60. The number of nitrogens with zero attached hydrogens (tertiary/aromatic N) is 1. The van der Waals surface area contributed by atoms with Crippen molar-refractivity contribution in [3.05, 3.63) is 17.0 Å². The molecule has 0 aliphatic carbocycles. The Balaban J connectivity index is 1.98. The summed E-state index contributed by atoms with van der Waals surface area (Å²) in [6.07, 6.45) is 0. The smallest absolute Gasteiger partial charge is 0.223 e. The molecule has 0 bridgehead atoms. The molecule has 1 aromatic rings. The molecule has 1 fully saturated rings. The lowest BCUT2D eigenvalue weighted by atomic mass is 9.88. The fourth-order valence-electron chi connectivity index (χ4n) is 2.40. The summed E-state index contributed by atoms with van der Waals surface area (Å²) in [5.41, 5.74) is 1.83. The van der Waals surface area contributed by atoms with E-state index < -0.39 is 0 Å². The Bertz CT molecular complexity index is 418. The standard InChI is InChI=1S/C13H21N3O2/c1-7(11-5-14-6-11)13(17)15-8(2)12-9(3)16-18-10(12)4/h7-8,11,14H,5-6H2,1-4H3,(H,15,17). The largest absolute Gasteiger partial charge is 0.361 e. The molecule has 1 aliphatic heterocycles.